The lowest BCUT2D eigenvalue weighted by Gasteiger charge is -2.03. The molecule has 1 N–H and O–H groups in total. The molecule has 0 spiro atoms. The quantitative estimate of drug-likeness (QED) is 0.803. The molecule has 0 radical (unpaired) electrons. The molecule has 0 aliphatic carbocycles. The SMILES string of the molecule is Cc1ccccc1-c1nc(CNC(=O)c2ccncc2)cs1. The molecule has 0 saturated carbocycles. The molecule has 0 bridgehead atoms. The van der Waals surface area contributed by atoms with Crippen LogP contribution in [0.5, 0.6) is 0 Å². The Morgan fingerprint density at radius 2 is 1.95 bits per heavy atom. The minimum Gasteiger partial charge on any atom is -0.346 e. The van der Waals surface area contributed by atoms with Gasteiger partial charge in [-0.05, 0) is 24.6 Å². The summed E-state index contributed by atoms with van der Waals surface area (Å²) >= 11 is 1.59. The van der Waals surface area contributed by atoms with E-state index in [4.69, 9.17) is 0 Å². The van der Waals surface area contributed by atoms with Crippen molar-refractivity contribution in [3.63, 3.8) is 0 Å². The van der Waals surface area contributed by atoms with Crippen molar-refractivity contribution in [3.05, 3.63) is 71.0 Å². The number of rotatable bonds is 4. The fourth-order valence-corrected chi connectivity index (χ4v) is 3.01. The van der Waals surface area contributed by atoms with E-state index >= 15 is 0 Å². The number of aryl methyl sites for hydroxylation is 1. The molecule has 0 atom stereocenters. The second-order valence-electron chi connectivity index (χ2n) is 4.88. The highest BCUT2D eigenvalue weighted by Crippen LogP contribution is 2.26. The number of aromatic nitrogens is 2. The highest BCUT2D eigenvalue weighted by molar-refractivity contribution is 7.13. The van der Waals surface area contributed by atoms with Gasteiger partial charge in [-0.3, -0.25) is 9.78 Å². The smallest absolute Gasteiger partial charge is 0.251 e. The number of carbonyl (C=O) groups excluding carboxylic acids is 1. The molecule has 22 heavy (non-hydrogen) atoms. The Kier molecular flexibility index (Phi) is 4.25. The Morgan fingerprint density at radius 1 is 1.18 bits per heavy atom. The van der Waals surface area contributed by atoms with Gasteiger partial charge in [-0.2, -0.15) is 0 Å². The maximum atomic E-state index is 12.0. The molecule has 2 aromatic heterocycles. The van der Waals surface area contributed by atoms with Crippen molar-refractivity contribution in [1.29, 1.82) is 0 Å². The van der Waals surface area contributed by atoms with E-state index in [2.05, 4.69) is 34.3 Å². The molecular weight excluding hydrogens is 294 g/mol. The monoisotopic (exact) mass is 309 g/mol. The van der Waals surface area contributed by atoms with Crippen LogP contribution in [0.2, 0.25) is 0 Å². The van der Waals surface area contributed by atoms with Crippen LogP contribution in [0.4, 0.5) is 0 Å². The highest BCUT2D eigenvalue weighted by atomic mass is 32.1. The van der Waals surface area contributed by atoms with Gasteiger partial charge in [0.15, 0.2) is 0 Å². The maximum Gasteiger partial charge on any atom is 0.251 e. The maximum absolute atomic E-state index is 12.0. The Labute approximate surface area is 132 Å². The number of amides is 1. The van der Waals surface area contributed by atoms with E-state index in [1.54, 1.807) is 35.9 Å². The van der Waals surface area contributed by atoms with Gasteiger partial charge in [0.25, 0.3) is 5.91 Å². The predicted octanol–water partition coefficient (Wildman–Crippen LogP) is 3.44. The Balaban J connectivity index is 1.68. The first-order valence-corrected chi connectivity index (χ1v) is 7.80. The summed E-state index contributed by atoms with van der Waals surface area (Å²) in [4.78, 5) is 20.5. The van der Waals surface area contributed by atoms with Gasteiger partial charge in [0.05, 0.1) is 12.2 Å². The van der Waals surface area contributed by atoms with Crippen LogP contribution in [-0.2, 0) is 6.54 Å². The highest BCUT2D eigenvalue weighted by Gasteiger charge is 2.09. The van der Waals surface area contributed by atoms with Crippen LogP contribution in [0.15, 0.2) is 54.2 Å². The topological polar surface area (TPSA) is 54.9 Å². The van der Waals surface area contributed by atoms with Crippen LogP contribution in [-0.4, -0.2) is 15.9 Å². The fraction of sp³-hybridized carbons (Fsp3) is 0.118. The van der Waals surface area contributed by atoms with Crippen molar-refractivity contribution in [2.45, 2.75) is 13.5 Å². The number of pyridine rings is 1. The van der Waals surface area contributed by atoms with Crippen LogP contribution in [0, 0.1) is 6.92 Å². The Bertz CT molecular complexity index is 783. The molecular formula is C17H15N3OS. The lowest BCUT2D eigenvalue weighted by Crippen LogP contribution is -2.22. The summed E-state index contributed by atoms with van der Waals surface area (Å²) in [5, 5.41) is 5.83. The second-order valence-corrected chi connectivity index (χ2v) is 5.74. The summed E-state index contributed by atoms with van der Waals surface area (Å²) in [6, 6.07) is 11.5. The largest absolute Gasteiger partial charge is 0.346 e. The Morgan fingerprint density at radius 3 is 2.73 bits per heavy atom. The first-order chi connectivity index (χ1) is 10.7. The molecule has 5 heteroatoms. The Hall–Kier alpha value is -2.53. The van der Waals surface area contributed by atoms with Crippen molar-refractivity contribution < 1.29 is 4.79 Å². The predicted molar refractivity (Wildman–Crippen MR) is 87.7 cm³/mol. The van der Waals surface area contributed by atoms with Crippen LogP contribution in [0.3, 0.4) is 0 Å². The third-order valence-corrected chi connectivity index (χ3v) is 4.22. The molecule has 4 nitrogen and oxygen atoms in total. The molecule has 2 heterocycles. The van der Waals surface area contributed by atoms with Gasteiger partial charge in [0.2, 0.25) is 0 Å². The summed E-state index contributed by atoms with van der Waals surface area (Å²) in [7, 11) is 0. The summed E-state index contributed by atoms with van der Waals surface area (Å²) < 4.78 is 0. The van der Waals surface area contributed by atoms with E-state index in [0.29, 0.717) is 12.1 Å². The first-order valence-electron chi connectivity index (χ1n) is 6.92. The molecule has 3 rings (SSSR count). The molecule has 1 amide bonds. The number of benzene rings is 1. The van der Waals surface area contributed by atoms with Gasteiger partial charge in [0.1, 0.15) is 5.01 Å². The standard InChI is InChI=1S/C17H15N3OS/c1-12-4-2-3-5-15(12)17-20-14(11-22-17)10-19-16(21)13-6-8-18-9-7-13/h2-9,11H,10H2,1H3,(H,19,21). The van der Waals surface area contributed by atoms with Crippen molar-refractivity contribution in [3.8, 4) is 10.6 Å². The average molecular weight is 309 g/mol. The third kappa shape index (κ3) is 3.20. The van der Waals surface area contributed by atoms with Gasteiger partial charge in [-0.25, -0.2) is 4.98 Å². The summed E-state index contributed by atoms with van der Waals surface area (Å²) in [5.41, 5.74) is 3.80. The summed E-state index contributed by atoms with van der Waals surface area (Å²) in [6.07, 6.45) is 3.21. The average Bonchev–Trinajstić information content (AvgIpc) is 3.02. The van der Waals surface area contributed by atoms with Crippen LogP contribution in [0.1, 0.15) is 21.6 Å². The van der Waals surface area contributed by atoms with Crippen LogP contribution in [0.25, 0.3) is 10.6 Å². The molecule has 110 valence electrons. The molecule has 3 aromatic rings. The lowest BCUT2D eigenvalue weighted by molar-refractivity contribution is 0.0950. The summed E-state index contributed by atoms with van der Waals surface area (Å²) in [6.45, 7) is 2.49. The van der Waals surface area contributed by atoms with E-state index in [1.807, 2.05) is 17.5 Å². The van der Waals surface area contributed by atoms with Crippen molar-refractivity contribution in [2.75, 3.05) is 0 Å². The van der Waals surface area contributed by atoms with E-state index in [1.165, 1.54) is 5.56 Å². The van der Waals surface area contributed by atoms with E-state index in [0.717, 1.165) is 16.3 Å². The molecule has 0 aliphatic rings. The molecule has 0 fully saturated rings. The second kappa shape index (κ2) is 6.49. The lowest BCUT2D eigenvalue weighted by atomic mass is 10.1. The zero-order chi connectivity index (χ0) is 15.4. The van der Waals surface area contributed by atoms with Crippen LogP contribution >= 0.6 is 11.3 Å². The number of hydrogen-bond donors (Lipinski definition) is 1. The third-order valence-electron chi connectivity index (χ3n) is 3.30. The van der Waals surface area contributed by atoms with Crippen LogP contribution < -0.4 is 5.32 Å². The van der Waals surface area contributed by atoms with Gasteiger partial charge in [-0.15, -0.1) is 11.3 Å². The minimum absolute atomic E-state index is 0.118. The molecule has 0 saturated heterocycles. The van der Waals surface area contributed by atoms with Gasteiger partial charge in [-0.1, -0.05) is 24.3 Å². The molecule has 0 aliphatic heterocycles. The van der Waals surface area contributed by atoms with E-state index in [9.17, 15) is 4.79 Å². The number of nitrogens with zero attached hydrogens (tertiary/aromatic N) is 2. The normalized spacial score (nSPS) is 10.4. The summed E-state index contributed by atoms with van der Waals surface area (Å²) in [5.74, 6) is -0.118. The number of thiazole rings is 1. The van der Waals surface area contributed by atoms with Crippen molar-refractivity contribution >= 4 is 17.2 Å². The zero-order valence-corrected chi connectivity index (χ0v) is 12.9. The van der Waals surface area contributed by atoms with E-state index in [-0.39, 0.29) is 5.91 Å². The van der Waals surface area contributed by atoms with E-state index < -0.39 is 0 Å². The van der Waals surface area contributed by atoms with Crippen molar-refractivity contribution in [1.82, 2.24) is 15.3 Å². The number of carbonyl (C=O) groups is 1. The first kappa shape index (κ1) is 14.4. The van der Waals surface area contributed by atoms with Crippen molar-refractivity contribution in [2.24, 2.45) is 0 Å². The number of hydrogen-bond acceptors (Lipinski definition) is 4. The molecule has 1 aromatic carbocycles. The minimum atomic E-state index is -0.118. The van der Waals surface area contributed by atoms with Gasteiger partial charge in [0, 0.05) is 28.9 Å². The fourth-order valence-electron chi connectivity index (χ4n) is 2.10. The number of nitrogens with one attached hydrogen (secondary N) is 1. The molecule has 0 unspecified atom stereocenters. The zero-order valence-electron chi connectivity index (χ0n) is 12.1. The van der Waals surface area contributed by atoms with Gasteiger partial charge < -0.3 is 5.32 Å². The van der Waals surface area contributed by atoms with Gasteiger partial charge >= 0.3 is 0 Å².